The lowest BCUT2D eigenvalue weighted by Crippen LogP contribution is -2.52. The number of likely N-dealkylation sites (N-methyl/N-ethyl adjacent to an activating group) is 1. The lowest BCUT2D eigenvalue weighted by molar-refractivity contribution is -0.123. The molecule has 0 aliphatic carbocycles. The second kappa shape index (κ2) is 9.19. The summed E-state index contributed by atoms with van der Waals surface area (Å²) in [4.78, 5) is 31.8. The Hall–Kier alpha value is -3.05. The second-order valence-corrected chi connectivity index (χ2v) is 11.8. The maximum absolute atomic E-state index is 13.4. The minimum atomic E-state index is -3.92. The number of halogens is 1. The van der Waals surface area contributed by atoms with Crippen LogP contribution in [0.4, 0.5) is 5.69 Å². The van der Waals surface area contributed by atoms with Crippen molar-refractivity contribution >= 4 is 54.8 Å². The van der Waals surface area contributed by atoms with Crippen LogP contribution in [0.3, 0.4) is 0 Å². The molecule has 1 atom stereocenters. The number of fused-ring (bicyclic) bond motifs is 1. The standard InChI is InChI=1S/C24H21ClN4O4S2/c1-27(35(32,33)22-15-16-7-12-20(25)26-23(16)34-22)19-5-4-14-29(24(19)31)18-10-8-17(9-11-18)28-13-3-2-6-21(28)30/h2-3,6-13,15,19H,4-5,14H2,1H3. The molecule has 1 saturated heterocycles. The summed E-state index contributed by atoms with van der Waals surface area (Å²) in [7, 11) is -2.47. The van der Waals surface area contributed by atoms with Gasteiger partial charge in [0.2, 0.25) is 5.91 Å². The lowest BCUT2D eigenvalue weighted by atomic mass is 10.0. The molecule has 11 heteroatoms. The Labute approximate surface area is 211 Å². The third-order valence-corrected chi connectivity index (χ3v) is 9.64. The predicted octanol–water partition coefficient (Wildman–Crippen LogP) is 3.92. The van der Waals surface area contributed by atoms with Crippen molar-refractivity contribution in [1.82, 2.24) is 13.9 Å². The highest BCUT2D eigenvalue weighted by atomic mass is 35.5. The van der Waals surface area contributed by atoms with Gasteiger partial charge >= 0.3 is 0 Å². The van der Waals surface area contributed by atoms with Gasteiger partial charge in [0.05, 0.1) is 0 Å². The molecule has 35 heavy (non-hydrogen) atoms. The third-order valence-electron chi connectivity index (χ3n) is 6.07. The molecule has 0 bridgehead atoms. The Morgan fingerprint density at radius 1 is 1.06 bits per heavy atom. The van der Waals surface area contributed by atoms with E-state index in [1.807, 2.05) is 0 Å². The highest BCUT2D eigenvalue weighted by molar-refractivity contribution is 7.91. The number of sulfonamides is 1. The van der Waals surface area contributed by atoms with Crippen LogP contribution in [0.1, 0.15) is 12.8 Å². The van der Waals surface area contributed by atoms with Gasteiger partial charge < -0.3 is 4.90 Å². The smallest absolute Gasteiger partial charge is 0.255 e. The van der Waals surface area contributed by atoms with Crippen molar-refractivity contribution in [3.63, 3.8) is 0 Å². The molecule has 180 valence electrons. The van der Waals surface area contributed by atoms with Gasteiger partial charge in [-0.25, -0.2) is 13.4 Å². The van der Waals surface area contributed by atoms with E-state index >= 15 is 0 Å². The van der Waals surface area contributed by atoms with Crippen molar-refractivity contribution in [2.24, 2.45) is 0 Å². The maximum Gasteiger partial charge on any atom is 0.255 e. The number of rotatable bonds is 5. The Balaban J connectivity index is 1.40. The maximum atomic E-state index is 13.4. The van der Waals surface area contributed by atoms with Gasteiger partial charge in [-0.15, -0.1) is 11.3 Å². The number of hydrogen-bond donors (Lipinski definition) is 0. The number of anilines is 1. The van der Waals surface area contributed by atoms with E-state index in [-0.39, 0.29) is 20.8 Å². The van der Waals surface area contributed by atoms with Crippen LogP contribution in [0.25, 0.3) is 15.9 Å². The molecular weight excluding hydrogens is 508 g/mol. The van der Waals surface area contributed by atoms with Crippen LogP contribution in [-0.2, 0) is 14.8 Å². The molecule has 1 aromatic carbocycles. The van der Waals surface area contributed by atoms with Crippen LogP contribution in [-0.4, -0.2) is 47.8 Å². The number of amides is 1. The van der Waals surface area contributed by atoms with Crippen LogP contribution in [0, 0.1) is 0 Å². The zero-order valence-corrected chi connectivity index (χ0v) is 21.1. The van der Waals surface area contributed by atoms with E-state index in [2.05, 4.69) is 4.98 Å². The summed E-state index contributed by atoms with van der Waals surface area (Å²) < 4.78 is 29.5. The molecule has 1 unspecified atom stereocenters. The van der Waals surface area contributed by atoms with Crippen molar-refractivity contribution in [3.05, 3.63) is 82.4 Å². The van der Waals surface area contributed by atoms with Crippen molar-refractivity contribution < 1.29 is 13.2 Å². The number of pyridine rings is 2. The molecule has 1 aliphatic heterocycles. The van der Waals surface area contributed by atoms with Crippen LogP contribution < -0.4 is 10.5 Å². The minimum absolute atomic E-state index is 0.118. The van der Waals surface area contributed by atoms with Gasteiger partial charge in [0.25, 0.3) is 15.6 Å². The van der Waals surface area contributed by atoms with Crippen molar-refractivity contribution in [3.8, 4) is 5.69 Å². The van der Waals surface area contributed by atoms with E-state index in [4.69, 9.17) is 11.6 Å². The molecule has 1 amide bonds. The summed E-state index contributed by atoms with van der Waals surface area (Å²) in [5, 5.41) is 0.971. The molecule has 0 saturated carbocycles. The molecule has 8 nitrogen and oxygen atoms in total. The van der Waals surface area contributed by atoms with Gasteiger partial charge in [-0.1, -0.05) is 17.7 Å². The first-order valence-electron chi connectivity index (χ1n) is 10.9. The molecule has 0 N–H and O–H groups in total. The van der Waals surface area contributed by atoms with E-state index in [1.165, 1.54) is 17.7 Å². The minimum Gasteiger partial charge on any atom is -0.311 e. The summed E-state index contributed by atoms with van der Waals surface area (Å²) in [5.41, 5.74) is 1.18. The van der Waals surface area contributed by atoms with Crippen LogP contribution in [0.5, 0.6) is 0 Å². The fourth-order valence-corrected chi connectivity index (χ4v) is 7.26. The quantitative estimate of drug-likeness (QED) is 0.366. The number of carbonyl (C=O) groups excluding carboxylic acids is 1. The van der Waals surface area contributed by atoms with E-state index in [0.29, 0.717) is 41.0 Å². The first-order chi connectivity index (χ1) is 16.8. The first kappa shape index (κ1) is 23.7. The lowest BCUT2D eigenvalue weighted by Gasteiger charge is -2.36. The van der Waals surface area contributed by atoms with Crippen LogP contribution >= 0.6 is 22.9 Å². The summed E-state index contributed by atoms with van der Waals surface area (Å²) in [5.74, 6) is -0.283. The highest BCUT2D eigenvalue weighted by Crippen LogP contribution is 2.33. The van der Waals surface area contributed by atoms with Gasteiger partial charge in [-0.05, 0) is 61.4 Å². The molecule has 3 aromatic heterocycles. The topological polar surface area (TPSA) is 92.6 Å². The normalized spacial score (nSPS) is 16.8. The second-order valence-electron chi connectivity index (χ2n) is 8.19. The summed E-state index contributed by atoms with van der Waals surface area (Å²) >= 11 is 6.97. The number of nitrogens with zero attached hydrogens (tertiary/aromatic N) is 4. The van der Waals surface area contributed by atoms with Gasteiger partial charge in [0, 0.05) is 42.6 Å². The molecule has 1 aliphatic rings. The van der Waals surface area contributed by atoms with Gasteiger partial charge in [-0.2, -0.15) is 4.31 Å². The summed E-state index contributed by atoms with van der Waals surface area (Å²) in [6.45, 7) is 0.485. The molecule has 1 fully saturated rings. The summed E-state index contributed by atoms with van der Waals surface area (Å²) in [6, 6.07) is 16.1. The largest absolute Gasteiger partial charge is 0.311 e. The third kappa shape index (κ3) is 4.38. The van der Waals surface area contributed by atoms with Crippen molar-refractivity contribution in [2.45, 2.75) is 23.1 Å². The Kier molecular flexibility index (Phi) is 6.22. The molecule has 4 heterocycles. The van der Waals surface area contributed by atoms with E-state index in [0.717, 1.165) is 15.6 Å². The fourth-order valence-electron chi connectivity index (χ4n) is 4.19. The first-order valence-corrected chi connectivity index (χ1v) is 13.5. The SMILES string of the molecule is CN(C1CCCN(c2ccc(-n3ccccc3=O)cc2)C1=O)S(=O)(=O)c1cc2ccc(Cl)nc2s1. The summed E-state index contributed by atoms with van der Waals surface area (Å²) in [6.07, 6.45) is 2.76. The molecule has 5 rings (SSSR count). The highest BCUT2D eigenvalue weighted by Gasteiger charge is 2.38. The molecule has 4 aromatic rings. The zero-order chi connectivity index (χ0) is 24.7. The molecule has 0 radical (unpaired) electrons. The van der Waals surface area contributed by atoms with E-state index in [9.17, 15) is 18.0 Å². The number of benzene rings is 1. The number of piperidine rings is 1. The van der Waals surface area contributed by atoms with Gasteiger partial charge in [0.15, 0.2) is 0 Å². The zero-order valence-electron chi connectivity index (χ0n) is 18.7. The predicted molar refractivity (Wildman–Crippen MR) is 137 cm³/mol. The average Bonchev–Trinajstić information content (AvgIpc) is 3.28. The van der Waals surface area contributed by atoms with Crippen LogP contribution in [0.15, 0.2) is 75.9 Å². The van der Waals surface area contributed by atoms with Gasteiger partial charge in [-0.3, -0.25) is 14.2 Å². The average molecular weight is 529 g/mol. The van der Waals surface area contributed by atoms with Crippen LogP contribution in [0.2, 0.25) is 5.15 Å². The Bertz CT molecular complexity index is 1580. The monoisotopic (exact) mass is 528 g/mol. The Morgan fingerprint density at radius 2 is 1.80 bits per heavy atom. The number of carbonyl (C=O) groups is 1. The number of aromatic nitrogens is 2. The number of hydrogen-bond acceptors (Lipinski definition) is 6. The molecular formula is C24H21ClN4O4S2. The Morgan fingerprint density at radius 3 is 2.54 bits per heavy atom. The number of thiophene rings is 1. The fraction of sp³-hybridized carbons (Fsp3) is 0.208. The van der Waals surface area contributed by atoms with Crippen molar-refractivity contribution in [2.75, 3.05) is 18.5 Å². The van der Waals surface area contributed by atoms with Gasteiger partial charge in [0.1, 0.15) is 20.2 Å². The van der Waals surface area contributed by atoms with E-state index < -0.39 is 16.1 Å². The van der Waals surface area contributed by atoms with Crippen molar-refractivity contribution in [1.29, 1.82) is 0 Å². The molecule has 0 spiro atoms. The van der Waals surface area contributed by atoms with E-state index in [1.54, 1.807) is 65.7 Å².